The average molecular weight is 536 g/mol. The molecule has 1 aliphatic rings. The van der Waals surface area contributed by atoms with Gasteiger partial charge in [0.1, 0.15) is 23.5 Å². The highest BCUT2D eigenvalue weighted by Gasteiger charge is 2.80. The first-order valence-corrected chi connectivity index (χ1v) is 11.6. The first kappa shape index (κ1) is 25.9. The lowest BCUT2D eigenvalue weighted by Gasteiger charge is -2.25. The van der Waals surface area contributed by atoms with Gasteiger partial charge < -0.3 is 9.13 Å². The molecule has 0 radical (unpaired) electrons. The molecule has 0 saturated carbocycles. The number of rotatable bonds is 4. The smallest absolute Gasteiger partial charge is 0.305 e. The van der Waals surface area contributed by atoms with Gasteiger partial charge in [-0.3, -0.25) is 0 Å². The van der Waals surface area contributed by atoms with Crippen molar-refractivity contribution in [3.63, 3.8) is 0 Å². The fraction of sp³-hybridized carbons (Fsp3) is 0.172. The van der Waals surface area contributed by atoms with Crippen molar-refractivity contribution in [3.8, 4) is 23.5 Å². The molecule has 0 spiro atoms. The minimum Gasteiger partial charge on any atom is -0.305 e. The van der Waals surface area contributed by atoms with Gasteiger partial charge in [-0.25, -0.2) is 0 Å². The van der Waals surface area contributed by atoms with Crippen LogP contribution in [0.15, 0.2) is 72.8 Å². The topological polar surface area (TPSA) is 57.4 Å². The van der Waals surface area contributed by atoms with Gasteiger partial charge in [0, 0.05) is 45.0 Å². The SMILES string of the molecule is Cc1c(C2=C(c3cc(C#N)n(-c4ccccc4)c3C)C(F)(F)C(F)(F)C2(F)F)cc(C#N)n1-c1ccccc1. The van der Waals surface area contributed by atoms with Crippen molar-refractivity contribution in [2.24, 2.45) is 0 Å². The lowest BCUT2D eigenvalue weighted by atomic mass is 9.94. The van der Waals surface area contributed by atoms with E-state index in [-0.39, 0.29) is 22.8 Å². The van der Waals surface area contributed by atoms with Gasteiger partial charge in [0.05, 0.1) is 0 Å². The zero-order valence-electron chi connectivity index (χ0n) is 20.5. The van der Waals surface area contributed by atoms with E-state index < -0.39 is 40.0 Å². The highest BCUT2D eigenvalue weighted by molar-refractivity contribution is 6.02. The molecule has 0 unspecified atom stereocenters. The van der Waals surface area contributed by atoms with Crippen molar-refractivity contribution in [2.75, 3.05) is 0 Å². The Balaban J connectivity index is 1.89. The molecular weight excluding hydrogens is 518 g/mol. The summed E-state index contributed by atoms with van der Waals surface area (Å²) in [6.45, 7) is 2.59. The number of nitrogens with zero attached hydrogens (tertiary/aromatic N) is 4. The number of alkyl halides is 6. The summed E-state index contributed by atoms with van der Waals surface area (Å²) in [4.78, 5) is 0. The summed E-state index contributed by atoms with van der Waals surface area (Å²) in [6.07, 6.45) is 0. The van der Waals surface area contributed by atoms with E-state index in [1.807, 2.05) is 12.1 Å². The zero-order valence-corrected chi connectivity index (χ0v) is 20.5. The molecule has 2 heterocycles. The molecule has 0 fully saturated rings. The molecule has 0 aliphatic heterocycles. The van der Waals surface area contributed by atoms with Gasteiger partial charge in [0.25, 0.3) is 0 Å². The van der Waals surface area contributed by atoms with E-state index in [2.05, 4.69) is 0 Å². The Labute approximate surface area is 219 Å². The van der Waals surface area contributed by atoms with E-state index in [9.17, 15) is 19.3 Å². The normalized spacial score (nSPS) is 17.2. The molecule has 5 rings (SSSR count). The minimum absolute atomic E-state index is 0.0981. The maximum absolute atomic E-state index is 15.5. The van der Waals surface area contributed by atoms with E-state index in [0.717, 1.165) is 12.1 Å². The first-order chi connectivity index (χ1) is 18.4. The summed E-state index contributed by atoms with van der Waals surface area (Å²) < 4.78 is 94.5. The third kappa shape index (κ3) is 3.45. The van der Waals surface area contributed by atoms with Crippen LogP contribution in [0.5, 0.6) is 0 Å². The van der Waals surface area contributed by atoms with Crippen molar-refractivity contribution in [2.45, 2.75) is 31.6 Å². The number of halogens is 6. The van der Waals surface area contributed by atoms with Crippen LogP contribution in [0.1, 0.15) is 33.9 Å². The van der Waals surface area contributed by atoms with Crippen LogP contribution in [0.2, 0.25) is 0 Å². The summed E-state index contributed by atoms with van der Waals surface area (Å²) in [6, 6.07) is 21.6. The molecule has 39 heavy (non-hydrogen) atoms. The Morgan fingerprint density at radius 1 is 0.590 bits per heavy atom. The van der Waals surface area contributed by atoms with Crippen LogP contribution in [0.4, 0.5) is 26.3 Å². The van der Waals surface area contributed by atoms with Crippen LogP contribution in [0, 0.1) is 36.5 Å². The lowest BCUT2D eigenvalue weighted by molar-refractivity contribution is -0.254. The Morgan fingerprint density at radius 2 is 0.923 bits per heavy atom. The predicted molar refractivity (Wildman–Crippen MR) is 132 cm³/mol. The Bertz CT molecular complexity index is 1590. The van der Waals surface area contributed by atoms with Crippen molar-refractivity contribution < 1.29 is 26.3 Å². The third-order valence-corrected chi connectivity index (χ3v) is 6.96. The van der Waals surface area contributed by atoms with Gasteiger partial charge in [-0.1, -0.05) is 36.4 Å². The monoisotopic (exact) mass is 536 g/mol. The summed E-state index contributed by atoms with van der Waals surface area (Å²) in [7, 11) is 0. The van der Waals surface area contributed by atoms with E-state index in [1.165, 1.54) is 23.0 Å². The number of para-hydroxylation sites is 2. The quantitative estimate of drug-likeness (QED) is 0.254. The highest BCUT2D eigenvalue weighted by atomic mass is 19.3. The van der Waals surface area contributed by atoms with Gasteiger partial charge in [0.2, 0.25) is 0 Å². The molecule has 0 atom stereocenters. The average Bonchev–Trinajstić information content (AvgIpc) is 3.45. The van der Waals surface area contributed by atoms with Crippen LogP contribution in [-0.4, -0.2) is 26.9 Å². The lowest BCUT2D eigenvalue weighted by Crippen LogP contribution is -2.49. The number of nitriles is 2. The van der Waals surface area contributed by atoms with Gasteiger partial charge in [0.15, 0.2) is 0 Å². The molecule has 0 saturated heterocycles. The van der Waals surface area contributed by atoms with Crippen LogP contribution in [0.25, 0.3) is 22.5 Å². The standard InChI is InChI=1S/C29H18F6N4/c1-17-23(13-21(15-36)38(17)19-9-5-3-6-10-19)25-26(28(32,33)29(34,35)27(25,30)31)24-14-22(16-37)39(18(24)2)20-11-7-4-8-12-20/h3-14H,1-2H3. The van der Waals surface area contributed by atoms with Crippen molar-refractivity contribution in [3.05, 3.63) is 107 Å². The fourth-order valence-electron chi connectivity index (χ4n) is 5.14. The maximum atomic E-state index is 15.5. The molecule has 196 valence electrons. The minimum atomic E-state index is -5.78. The largest absolute Gasteiger partial charge is 0.380 e. The fourth-order valence-corrected chi connectivity index (χ4v) is 5.14. The van der Waals surface area contributed by atoms with Gasteiger partial charge in [-0.2, -0.15) is 36.9 Å². The Morgan fingerprint density at radius 3 is 1.23 bits per heavy atom. The summed E-state index contributed by atoms with van der Waals surface area (Å²) in [5.41, 5.74) is -4.28. The molecule has 2 aromatic carbocycles. The van der Waals surface area contributed by atoms with E-state index in [1.54, 1.807) is 60.7 Å². The van der Waals surface area contributed by atoms with Crippen molar-refractivity contribution in [1.29, 1.82) is 10.5 Å². The molecule has 1 aliphatic carbocycles. The Hall–Kier alpha value is -4.70. The Kier molecular flexibility index (Phi) is 5.76. The third-order valence-electron chi connectivity index (χ3n) is 6.96. The first-order valence-electron chi connectivity index (χ1n) is 11.6. The molecule has 0 N–H and O–H groups in total. The molecule has 2 aromatic heterocycles. The van der Waals surface area contributed by atoms with Gasteiger partial charge in [-0.15, -0.1) is 0 Å². The molecule has 0 amide bonds. The van der Waals surface area contributed by atoms with E-state index in [0.29, 0.717) is 11.4 Å². The zero-order chi connectivity index (χ0) is 28.3. The van der Waals surface area contributed by atoms with Crippen LogP contribution < -0.4 is 0 Å². The second-order valence-electron chi connectivity index (χ2n) is 9.10. The molecule has 10 heteroatoms. The molecule has 4 nitrogen and oxygen atoms in total. The number of hydrogen-bond donors (Lipinski definition) is 0. The summed E-state index contributed by atoms with van der Waals surface area (Å²) in [5.74, 6) is -16.4. The molecule has 4 aromatic rings. The number of aromatic nitrogens is 2. The molecular formula is C29H18F6N4. The number of allylic oxidation sites excluding steroid dienone is 2. The van der Waals surface area contributed by atoms with Crippen molar-refractivity contribution >= 4 is 11.1 Å². The van der Waals surface area contributed by atoms with Crippen molar-refractivity contribution in [1.82, 2.24) is 9.13 Å². The second-order valence-corrected chi connectivity index (χ2v) is 9.10. The predicted octanol–water partition coefficient (Wildman–Crippen LogP) is 7.46. The summed E-state index contributed by atoms with van der Waals surface area (Å²) >= 11 is 0. The molecule has 0 bridgehead atoms. The van der Waals surface area contributed by atoms with Gasteiger partial charge >= 0.3 is 17.8 Å². The number of benzene rings is 2. The van der Waals surface area contributed by atoms with Crippen LogP contribution in [0.3, 0.4) is 0 Å². The second kappa shape index (κ2) is 8.67. The summed E-state index contributed by atoms with van der Waals surface area (Å²) in [5, 5.41) is 19.4. The van der Waals surface area contributed by atoms with E-state index >= 15 is 17.6 Å². The maximum Gasteiger partial charge on any atom is 0.380 e. The van der Waals surface area contributed by atoms with Crippen LogP contribution in [-0.2, 0) is 0 Å². The highest BCUT2D eigenvalue weighted by Crippen LogP contribution is 2.65. The van der Waals surface area contributed by atoms with Gasteiger partial charge in [-0.05, 0) is 50.2 Å². The number of hydrogen-bond acceptors (Lipinski definition) is 2. The van der Waals surface area contributed by atoms with Crippen LogP contribution >= 0.6 is 0 Å². The van der Waals surface area contributed by atoms with E-state index in [4.69, 9.17) is 0 Å².